The number of carbonyl (C=O) groups excluding carboxylic acids is 1. The molecule has 0 aliphatic rings. The van der Waals surface area contributed by atoms with Crippen LogP contribution in [0.3, 0.4) is 0 Å². The quantitative estimate of drug-likeness (QED) is 0.880. The van der Waals surface area contributed by atoms with Crippen LogP contribution >= 0.6 is 0 Å². The number of rotatable bonds is 3. The maximum atomic E-state index is 14.1. The molecule has 4 nitrogen and oxygen atoms in total. The molecule has 0 aliphatic carbocycles. The number of carboxylic acid groups (broad SMARTS) is 1. The molecule has 0 bridgehead atoms. The normalized spacial score (nSPS) is 10.2. The summed E-state index contributed by atoms with van der Waals surface area (Å²) in [5.41, 5.74) is 0.970. The van der Waals surface area contributed by atoms with Gasteiger partial charge in [0, 0.05) is 5.56 Å². The summed E-state index contributed by atoms with van der Waals surface area (Å²) in [7, 11) is 1.22. The zero-order valence-corrected chi connectivity index (χ0v) is 11.5. The molecular weight excluding hydrogens is 275 g/mol. The third-order valence-electron chi connectivity index (χ3n) is 3.16. The van der Waals surface area contributed by atoms with Gasteiger partial charge in [0.05, 0.1) is 18.2 Å². The second-order valence-corrected chi connectivity index (χ2v) is 4.49. The lowest BCUT2D eigenvalue weighted by Crippen LogP contribution is -2.05. The molecule has 2 rings (SSSR count). The van der Waals surface area contributed by atoms with Crippen LogP contribution in [-0.4, -0.2) is 24.2 Å². The van der Waals surface area contributed by atoms with E-state index in [9.17, 15) is 19.1 Å². The summed E-state index contributed by atoms with van der Waals surface area (Å²) in [6.07, 6.45) is 0. The summed E-state index contributed by atoms with van der Waals surface area (Å²) >= 11 is 0. The average Bonchev–Trinajstić information content (AvgIpc) is 2.46. The molecule has 2 aromatic carbocycles. The Labute approximate surface area is 120 Å². The number of hydrogen-bond donors (Lipinski definition) is 1. The van der Waals surface area contributed by atoms with E-state index in [1.165, 1.54) is 25.3 Å². The van der Waals surface area contributed by atoms with Crippen molar-refractivity contribution in [2.75, 3.05) is 7.11 Å². The van der Waals surface area contributed by atoms with Gasteiger partial charge >= 0.3 is 11.9 Å². The van der Waals surface area contributed by atoms with Crippen LogP contribution in [-0.2, 0) is 4.74 Å². The van der Waals surface area contributed by atoms with Gasteiger partial charge in [-0.2, -0.15) is 0 Å². The minimum absolute atomic E-state index is 0.0124. The smallest absolute Gasteiger partial charge is 0.337 e. The molecule has 5 heteroatoms. The second kappa shape index (κ2) is 5.75. The van der Waals surface area contributed by atoms with Gasteiger partial charge in [0.2, 0.25) is 0 Å². The lowest BCUT2D eigenvalue weighted by molar-refractivity contribution is 0.0600. The highest BCUT2D eigenvalue weighted by molar-refractivity contribution is 5.98. The van der Waals surface area contributed by atoms with E-state index in [0.717, 1.165) is 6.07 Å². The standard InChI is InChI=1S/C16H13FO4/c1-9-4-3-5-11(14(9)15(18)19)12-8-10(16(20)21-2)6-7-13(12)17/h3-8H,1-2H3,(H,18,19). The van der Waals surface area contributed by atoms with Crippen molar-refractivity contribution in [1.82, 2.24) is 0 Å². The first-order chi connectivity index (χ1) is 9.95. The Bertz CT molecular complexity index is 722. The van der Waals surface area contributed by atoms with Gasteiger partial charge < -0.3 is 9.84 Å². The van der Waals surface area contributed by atoms with Gasteiger partial charge in [-0.1, -0.05) is 18.2 Å². The van der Waals surface area contributed by atoms with Gasteiger partial charge in [0.25, 0.3) is 0 Å². The maximum absolute atomic E-state index is 14.1. The van der Waals surface area contributed by atoms with E-state index in [4.69, 9.17) is 0 Å². The third-order valence-corrected chi connectivity index (χ3v) is 3.16. The summed E-state index contributed by atoms with van der Waals surface area (Å²) in [5, 5.41) is 9.31. The van der Waals surface area contributed by atoms with E-state index < -0.39 is 17.8 Å². The molecule has 0 spiro atoms. The van der Waals surface area contributed by atoms with Crippen molar-refractivity contribution in [2.24, 2.45) is 0 Å². The molecule has 2 aromatic rings. The predicted octanol–water partition coefficient (Wildman–Crippen LogP) is 3.29. The van der Waals surface area contributed by atoms with Crippen molar-refractivity contribution in [2.45, 2.75) is 6.92 Å². The van der Waals surface area contributed by atoms with Crippen LogP contribution < -0.4 is 0 Å². The van der Waals surface area contributed by atoms with Gasteiger partial charge in [-0.15, -0.1) is 0 Å². The molecule has 1 N–H and O–H groups in total. The molecule has 0 fully saturated rings. The molecule has 0 amide bonds. The number of ether oxygens (including phenoxy) is 1. The van der Waals surface area contributed by atoms with E-state index in [1.54, 1.807) is 19.1 Å². The molecule has 0 aliphatic heterocycles. The number of hydrogen-bond acceptors (Lipinski definition) is 3. The first-order valence-corrected chi connectivity index (χ1v) is 6.17. The third kappa shape index (κ3) is 2.76. The summed E-state index contributed by atoms with van der Waals surface area (Å²) in [4.78, 5) is 22.9. The van der Waals surface area contributed by atoms with Crippen LogP contribution in [0.5, 0.6) is 0 Å². The fourth-order valence-corrected chi connectivity index (χ4v) is 2.15. The van der Waals surface area contributed by atoms with Crippen LogP contribution in [0.15, 0.2) is 36.4 Å². The summed E-state index contributed by atoms with van der Waals surface area (Å²) < 4.78 is 18.6. The molecule has 0 radical (unpaired) electrons. The van der Waals surface area contributed by atoms with E-state index in [0.29, 0.717) is 5.56 Å². The Hall–Kier alpha value is -2.69. The highest BCUT2D eigenvalue weighted by Crippen LogP contribution is 2.29. The topological polar surface area (TPSA) is 63.6 Å². The van der Waals surface area contributed by atoms with Gasteiger partial charge in [-0.3, -0.25) is 0 Å². The molecule has 108 valence electrons. The van der Waals surface area contributed by atoms with Crippen molar-refractivity contribution in [3.05, 3.63) is 58.9 Å². The lowest BCUT2D eigenvalue weighted by atomic mass is 9.94. The number of aromatic carboxylic acids is 1. The molecular formula is C16H13FO4. The molecule has 0 unspecified atom stereocenters. The van der Waals surface area contributed by atoms with Crippen molar-refractivity contribution in [1.29, 1.82) is 0 Å². The van der Waals surface area contributed by atoms with Crippen LogP contribution in [0, 0.1) is 12.7 Å². The Balaban J connectivity index is 2.70. The van der Waals surface area contributed by atoms with E-state index >= 15 is 0 Å². The number of methoxy groups -OCH3 is 1. The van der Waals surface area contributed by atoms with Gasteiger partial charge in [-0.05, 0) is 36.2 Å². The zero-order valence-electron chi connectivity index (χ0n) is 11.5. The minimum atomic E-state index is -1.15. The molecule has 0 heterocycles. The number of aryl methyl sites for hydroxylation is 1. The SMILES string of the molecule is COC(=O)c1ccc(F)c(-c2cccc(C)c2C(=O)O)c1. The maximum Gasteiger partial charge on any atom is 0.337 e. The van der Waals surface area contributed by atoms with E-state index in [2.05, 4.69) is 4.74 Å². The van der Waals surface area contributed by atoms with Crippen molar-refractivity contribution >= 4 is 11.9 Å². The van der Waals surface area contributed by atoms with Crippen molar-refractivity contribution < 1.29 is 23.8 Å². The van der Waals surface area contributed by atoms with Crippen molar-refractivity contribution in [3.63, 3.8) is 0 Å². The Morgan fingerprint density at radius 2 is 1.86 bits per heavy atom. The fraction of sp³-hybridized carbons (Fsp3) is 0.125. The van der Waals surface area contributed by atoms with E-state index in [-0.39, 0.29) is 22.3 Å². The molecule has 0 saturated heterocycles. The molecule has 0 saturated carbocycles. The first kappa shape index (κ1) is 14.7. The molecule has 0 aromatic heterocycles. The highest BCUT2D eigenvalue weighted by Gasteiger charge is 2.18. The number of benzene rings is 2. The van der Waals surface area contributed by atoms with Gasteiger partial charge in [0.15, 0.2) is 0 Å². The second-order valence-electron chi connectivity index (χ2n) is 4.49. The number of carbonyl (C=O) groups is 2. The van der Waals surface area contributed by atoms with Crippen LogP contribution in [0.2, 0.25) is 0 Å². The summed E-state index contributed by atoms with van der Waals surface area (Å²) in [6, 6.07) is 8.49. The largest absolute Gasteiger partial charge is 0.478 e. The monoisotopic (exact) mass is 288 g/mol. The number of halogens is 1. The summed E-state index contributed by atoms with van der Waals surface area (Å²) in [6.45, 7) is 1.63. The molecule has 21 heavy (non-hydrogen) atoms. The number of esters is 1. The summed E-state index contributed by atoms with van der Waals surface area (Å²) in [5.74, 6) is -2.36. The average molecular weight is 288 g/mol. The van der Waals surface area contributed by atoms with Gasteiger partial charge in [0.1, 0.15) is 5.82 Å². The lowest BCUT2D eigenvalue weighted by Gasteiger charge is -2.11. The first-order valence-electron chi connectivity index (χ1n) is 6.17. The Kier molecular flexibility index (Phi) is 4.03. The Morgan fingerprint density at radius 3 is 2.48 bits per heavy atom. The van der Waals surface area contributed by atoms with Gasteiger partial charge in [-0.25, -0.2) is 14.0 Å². The van der Waals surface area contributed by atoms with Crippen LogP contribution in [0.4, 0.5) is 4.39 Å². The van der Waals surface area contributed by atoms with Crippen LogP contribution in [0.1, 0.15) is 26.3 Å². The van der Waals surface area contributed by atoms with Crippen LogP contribution in [0.25, 0.3) is 11.1 Å². The minimum Gasteiger partial charge on any atom is -0.478 e. The molecule has 0 atom stereocenters. The Morgan fingerprint density at radius 1 is 1.14 bits per heavy atom. The fourth-order valence-electron chi connectivity index (χ4n) is 2.15. The number of carboxylic acids is 1. The van der Waals surface area contributed by atoms with E-state index in [1.807, 2.05) is 0 Å². The highest BCUT2D eigenvalue weighted by atomic mass is 19.1. The predicted molar refractivity (Wildman–Crippen MR) is 74.9 cm³/mol. The zero-order chi connectivity index (χ0) is 15.6. The van der Waals surface area contributed by atoms with Crippen molar-refractivity contribution in [3.8, 4) is 11.1 Å².